The molecule has 0 unspecified atom stereocenters. The van der Waals surface area contributed by atoms with Crippen LogP contribution in [0.15, 0.2) is 11.5 Å². The standard InChI is InChI=1S/C8H14S/c9-7-6-8-4-2-1-3-5-8/h6-9H,1-5H2/b7-6+. The minimum atomic E-state index is 0.844. The Morgan fingerprint density at radius 3 is 2.33 bits per heavy atom. The zero-order valence-electron chi connectivity index (χ0n) is 5.71. The van der Waals surface area contributed by atoms with Crippen LogP contribution in [0.4, 0.5) is 0 Å². The highest BCUT2D eigenvalue weighted by Gasteiger charge is 2.08. The summed E-state index contributed by atoms with van der Waals surface area (Å²) < 4.78 is 0. The van der Waals surface area contributed by atoms with Crippen molar-refractivity contribution in [3.8, 4) is 0 Å². The third-order valence-corrected chi connectivity index (χ3v) is 2.18. The van der Waals surface area contributed by atoms with E-state index in [2.05, 4.69) is 18.7 Å². The Morgan fingerprint density at radius 1 is 1.11 bits per heavy atom. The molecule has 0 aromatic rings. The highest BCUT2D eigenvalue weighted by atomic mass is 32.1. The van der Waals surface area contributed by atoms with Crippen LogP contribution in [-0.2, 0) is 0 Å². The van der Waals surface area contributed by atoms with Crippen LogP contribution in [0.2, 0.25) is 0 Å². The van der Waals surface area contributed by atoms with Crippen molar-refractivity contribution in [3.05, 3.63) is 11.5 Å². The number of hydrogen-bond donors (Lipinski definition) is 1. The van der Waals surface area contributed by atoms with Crippen LogP contribution in [0.3, 0.4) is 0 Å². The number of hydrogen-bond acceptors (Lipinski definition) is 1. The molecule has 9 heavy (non-hydrogen) atoms. The fraction of sp³-hybridized carbons (Fsp3) is 0.750. The molecule has 0 saturated heterocycles. The van der Waals surface area contributed by atoms with Crippen molar-refractivity contribution in [2.75, 3.05) is 0 Å². The van der Waals surface area contributed by atoms with E-state index in [1.165, 1.54) is 32.1 Å². The Bertz CT molecular complexity index is 90.7. The van der Waals surface area contributed by atoms with E-state index in [1.807, 2.05) is 5.41 Å². The summed E-state index contributed by atoms with van der Waals surface area (Å²) in [6, 6.07) is 0. The van der Waals surface area contributed by atoms with Crippen LogP contribution in [0, 0.1) is 5.92 Å². The molecule has 0 heterocycles. The van der Waals surface area contributed by atoms with Gasteiger partial charge in [0.05, 0.1) is 0 Å². The average molecular weight is 142 g/mol. The summed E-state index contributed by atoms with van der Waals surface area (Å²) in [5.74, 6) is 0.844. The van der Waals surface area contributed by atoms with Crippen molar-refractivity contribution >= 4 is 12.6 Å². The summed E-state index contributed by atoms with van der Waals surface area (Å²) in [5, 5.41) is 1.88. The lowest BCUT2D eigenvalue weighted by Crippen LogP contribution is -2.01. The summed E-state index contributed by atoms with van der Waals surface area (Å²) in [4.78, 5) is 0. The zero-order valence-corrected chi connectivity index (χ0v) is 6.61. The van der Waals surface area contributed by atoms with E-state index in [0.717, 1.165) is 5.92 Å². The van der Waals surface area contributed by atoms with Crippen molar-refractivity contribution in [1.29, 1.82) is 0 Å². The van der Waals surface area contributed by atoms with Gasteiger partial charge in [-0.2, -0.15) is 12.6 Å². The molecule has 1 rings (SSSR count). The average Bonchev–Trinajstić information content (AvgIpc) is 1.91. The van der Waals surface area contributed by atoms with E-state index in [1.54, 1.807) is 0 Å². The van der Waals surface area contributed by atoms with Gasteiger partial charge in [-0.15, -0.1) is 0 Å². The van der Waals surface area contributed by atoms with Crippen molar-refractivity contribution in [3.63, 3.8) is 0 Å². The van der Waals surface area contributed by atoms with Crippen molar-refractivity contribution in [1.82, 2.24) is 0 Å². The second-order valence-electron chi connectivity index (χ2n) is 2.74. The summed E-state index contributed by atoms with van der Waals surface area (Å²) in [5.41, 5.74) is 0. The van der Waals surface area contributed by atoms with E-state index in [9.17, 15) is 0 Å². The third kappa shape index (κ3) is 2.44. The predicted octanol–water partition coefficient (Wildman–Crippen LogP) is 3.01. The maximum Gasteiger partial charge on any atom is -0.0225 e. The second kappa shape index (κ2) is 3.99. The molecule has 0 atom stereocenters. The fourth-order valence-corrected chi connectivity index (χ4v) is 1.69. The van der Waals surface area contributed by atoms with E-state index in [0.29, 0.717) is 0 Å². The monoisotopic (exact) mass is 142 g/mol. The van der Waals surface area contributed by atoms with Gasteiger partial charge in [-0.05, 0) is 24.2 Å². The summed E-state index contributed by atoms with van der Waals surface area (Å²) in [6.07, 6.45) is 9.28. The van der Waals surface area contributed by atoms with Gasteiger partial charge in [-0.1, -0.05) is 25.3 Å². The fourth-order valence-electron chi connectivity index (χ4n) is 1.45. The molecular weight excluding hydrogens is 128 g/mol. The molecule has 0 nitrogen and oxygen atoms in total. The van der Waals surface area contributed by atoms with Crippen LogP contribution in [0.1, 0.15) is 32.1 Å². The molecule has 1 aliphatic carbocycles. The first-order chi connectivity index (χ1) is 4.43. The van der Waals surface area contributed by atoms with Gasteiger partial charge >= 0.3 is 0 Å². The molecule has 0 spiro atoms. The smallest absolute Gasteiger partial charge is 0.0225 e. The summed E-state index contributed by atoms with van der Waals surface area (Å²) in [6.45, 7) is 0. The molecule has 0 radical (unpaired) electrons. The quantitative estimate of drug-likeness (QED) is 0.534. The van der Waals surface area contributed by atoms with Crippen molar-refractivity contribution < 1.29 is 0 Å². The van der Waals surface area contributed by atoms with E-state index in [4.69, 9.17) is 0 Å². The van der Waals surface area contributed by atoms with E-state index in [-0.39, 0.29) is 0 Å². The lowest BCUT2D eigenvalue weighted by Gasteiger charge is -2.17. The van der Waals surface area contributed by atoms with Gasteiger partial charge in [-0.25, -0.2) is 0 Å². The Balaban J connectivity index is 2.23. The van der Waals surface area contributed by atoms with Gasteiger partial charge in [0.25, 0.3) is 0 Å². The van der Waals surface area contributed by atoms with Crippen LogP contribution in [0.5, 0.6) is 0 Å². The third-order valence-electron chi connectivity index (χ3n) is 2.01. The first-order valence-corrected chi connectivity index (χ1v) is 4.26. The highest BCUT2D eigenvalue weighted by Crippen LogP contribution is 2.24. The highest BCUT2D eigenvalue weighted by molar-refractivity contribution is 7.83. The SMILES string of the molecule is S/C=C/C1CCCCC1. The predicted molar refractivity (Wildman–Crippen MR) is 44.7 cm³/mol. The maximum absolute atomic E-state index is 4.05. The first-order valence-electron chi connectivity index (χ1n) is 3.74. The van der Waals surface area contributed by atoms with Gasteiger partial charge < -0.3 is 0 Å². The molecule has 0 aliphatic heterocycles. The van der Waals surface area contributed by atoms with Crippen LogP contribution >= 0.6 is 12.6 Å². The zero-order chi connectivity index (χ0) is 6.53. The molecule has 0 aromatic carbocycles. The molecular formula is C8H14S. The molecule has 0 bridgehead atoms. The number of allylic oxidation sites excluding steroid dienone is 1. The van der Waals surface area contributed by atoms with E-state index >= 15 is 0 Å². The second-order valence-corrected chi connectivity index (χ2v) is 3.04. The van der Waals surface area contributed by atoms with Gasteiger partial charge in [0, 0.05) is 0 Å². The van der Waals surface area contributed by atoms with E-state index < -0.39 is 0 Å². The van der Waals surface area contributed by atoms with Gasteiger partial charge in [0.2, 0.25) is 0 Å². The first kappa shape index (κ1) is 7.20. The molecule has 1 heteroatoms. The van der Waals surface area contributed by atoms with Crippen LogP contribution < -0.4 is 0 Å². The molecule has 1 aliphatic rings. The molecule has 52 valence electrons. The molecule has 0 aromatic heterocycles. The molecule has 1 saturated carbocycles. The normalized spacial score (nSPS) is 23.2. The Labute approximate surface area is 62.8 Å². The Hall–Kier alpha value is 0.0900. The number of thiol groups is 1. The minimum Gasteiger partial charge on any atom is -0.152 e. The van der Waals surface area contributed by atoms with Crippen molar-refractivity contribution in [2.24, 2.45) is 5.92 Å². The van der Waals surface area contributed by atoms with Crippen LogP contribution in [0.25, 0.3) is 0 Å². The Morgan fingerprint density at radius 2 is 1.78 bits per heavy atom. The number of rotatable bonds is 1. The topological polar surface area (TPSA) is 0 Å². The maximum atomic E-state index is 4.05. The molecule has 0 amide bonds. The van der Waals surface area contributed by atoms with Gasteiger partial charge in [-0.3, -0.25) is 0 Å². The van der Waals surface area contributed by atoms with Crippen LogP contribution in [-0.4, -0.2) is 0 Å². The Kier molecular flexibility index (Phi) is 3.20. The lowest BCUT2D eigenvalue weighted by atomic mass is 9.90. The largest absolute Gasteiger partial charge is 0.152 e. The lowest BCUT2D eigenvalue weighted by molar-refractivity contribution is 0.420. The van der Waals surface area contributed by atoms with Gasteiger partial charge in [0.15, 0.2) is 0 Å². The van der Waals surface area contributed by atoms with Gasteiger partial charge in [0.1, 0.15) is 0 Å². The molecule has 0 N–H and O–H groups in total. The molecule has 1 fully saturated rings. The summed E-state index contributed by atoms with van der Waals surface area (Å²) >= 11 is 4.05. The minimum absolute atomic E-state index is 0.844. The van der Waals surface area contributed by atoms with Crippen molar-refractivity contribution in [2.45, 2.75) is 32.1 Å². The summed E-state index contributed by atoms with van der Waals surface area (Å²) in [7, 11) is 0.